The van der Waals surface area contributed by atoms with Gasteiger partial charge in [0.2, 0.25) is 0 Å². The first-order valence-electron chi connectivity index (χ1n) is 7.30. The quantitative estimate of drug-likeness (QED) is 0.740. The van der Waals surface area contributed by atoms with Gasteiger partial charge in [-0.05, 0) is 23.6 Å². The molecule has 0 bridgehead atoms. The van der Waals surface area contributed by atoms with Crippen LogP contribution in [-0.4, -0.2) is 15.0 Å². The maximum absolute atomic E-state index is 9.32. The molecule has 0 spiro atoms. The zero-order valence-corrected chi connectivity index (χ0v) is 12.4. The molecule has 4 nitrogen and oxygen atoms in total. The van der Waals surface area contributed by atoms with Gasteiger partial charge in [0, 0.05) is 6.42 Å². The van der Waals surface area contributed by atoms with E-state index in [-0.39, 0.29) is 0 Å². The fraction of sp³-hybridized carbons (Fsp3) is 0.167. The van der Waals surface area contributed by atoms with Crippen LogP contribution in [0.15, 0.2) is 54.6 Å². The molecular weight excluding hydrogens is 272 g/mol. The van der Waals surface area contributed by atoms with Crippen molar-refractivity contribution < 1.29 is 0 Å². The topological polar surface area (TPSA) is 54.5 Å². The van der Waals surface area contributed by atoms with Crippen molar-refractivity contribution in [3.05, 3.63) is 77.1 Å². The normalized spacial score (nSPS) is 10.4. The van der Waals surface area contributed by atoms with Crippen LogP contribution in [0, 0.1) is 11.3 Å². The molecule has 0 radical (unpaired) electrons. The SMILES string of the molecule is CCc1ccccc1-n1nnc(C#N)c1Cc1ccccc1. The van der Waals surface area contributed by atoms with Crippen molar-refractivity contribution >= 4 is 0 Å². The molecule has 0 aliphatic carbocycles. The molecule has 0 fully saturated rings. The van der Waals surface area contributed by atoms with Crippen LogP contribution in [0.5, 0.6) is 0 Å². The van der Waals surface area contributed by atoms with Crippen LogP contribution in [0.4, 0.5) is 0 Å². The molecule has 0 amide bonds. The van der Waals surface area contributed by atoms with Gasteiger partial charge in [-0.15, -0.1) is 5.10 Å². The summed E-state index contributed by atoms with van der Waals surface area (Å²) in [5, 5.41) is 17.6. The molecule has 2 aromatic carbocycles. The van der Waals surface area contributed by atoms with E-state index in [1.54, 1.807) is 4.68 Å². The van der Waals surface area contributed by atoms with Gasteiger partial charge in [-0.1, -0.05) is 60.7 Å². The van der Waals surface area contributed by atoms with E-state index in [1.165, 1.54) is 5.56 Å². The highest BCUT2D eigenvalue weighted by molar-refractivity contribution is 5.44. The van der Waals surface area contributed by atoms with E-state index in [1.807, 2.05) is 48.5 Å². The third kappa shape index (κ3) is 2.61. The summed E-state index contributed by atoms with van der Waals surface area (Å²) >= 11 is 0. The fourth-order valence-electron chi connectivity index (χ4n) is 2.55. The van der Waals surface area contributed by atoms with Gasteiger partial charge >= 0.3 is 0 Å². The predicted molar refractivity (Wildman–Crippen MR) is 84.7 cm³/mol. The minimum absolute atomic E-state index is 0.384. The summed E-state index contributed by atoms with van der Waals surface area (Å²) in [7, 11) is 0. The molecule has 1 aromatic heterocycles. The number of aryl methyl sites for hydroxylation is 1. The van der Waals surface area contributed by atoms with Gasteiger partial charge in [-0.25, -0.2) is 4.68 Å². The largest absolute Gasteiger partial charge is 0.216 e. The van der Waals surface area contributed by atoms with Crippen molar-refractivity contribution in [2.75, 3.05) is 0 Å². The number of para-hydroxylation sites is 1. The molecule has 0 N–H and O–H groups in total. The molecule has 0 saturated heterocycles. The van der Waals surface area contributed by atoms with E-state index < -0.39 is 0 Å². The molecule has 0 atom stereocenters. The second kappa shape index (κ2) is 6.23. The van der Waals surface area contributed by atoms with E-state index >= 15 is 0 Å². The monoisotopic (exact) mass is 288 g/mol. The highest BCUT2D eigenvalue weighted by atomic mass is 15.4. The first-order chi connectivity index (χ1) is 10.8. The van der Waals surface area contributed by atoms with Crippen LogP contribution < -0.4 is 0 Å². The lowest BCUT2D eigenvalue weighted by atomic mass is 10.1. The van der Waals surface area contributed by atoms with Gasteiger partial charge in [0.25, 0.3) is 0 Å². The lowest BCUT2D eigenvalue weighted by Gasteiger charge is -2.10. The lowest BCUT2D eigenvalue weighted by Crippen LogP contribution is -2.06. The van der Waals surface area contributed by atoms with Crippen molar-refractivity contribution in [2.24, 2.45) is 0 Å². The molecule has 4 heteroatoms. The summed E-state index contributed by atoms with van der Waals surface area (Å²) in [5.41, 5.74) is 4.53. The number of rotatable bonds is 4. The number of hydrogen-bond donors (Lipinski definition) is 0. The van der Waals surface area contributed by atoms with Crippen LogP contribution >= 0.6 is 0 Å². The van der Waals surface area contributed by atoms with Crippen molar-refractivity contribution in [2.45, 2.75) is 19.8 Å². The first kappa shape index (κ1) is 14.0. The average molecular weight is 288 g/mol. The summed E-state index contributed by atoms with van der Waals surface area (Å²) < 4.78 is 1.80. The first-order valence-corrected chi connectivity index (χ1v) is 7.30. The highest BCUT2D eigenvalue weighted by Gasteiger charge is 2.16. The van der Waals surface area contributed by atoms with Crippen LogP contribution in [0.3, 0.4) is 0 Å². The van der Waals surface area contributed by atoms with Crippen LogP contribution in [0.2, 0.25) is 0 Å². The van der Waals surface area contributed by atoms with Crippen molar-refractivity contribution in [1.29, 1.82) is 5.26 Å². The van der Waals surface area contributed by atoms with Gasteiger partial charge in [0.15, 0.2) is 5.69 Å². The van der Waals surface area contributed by atoms with Crippen molar-refractivity contribution in [3.63, 3.8) is 0 Å². The van der Waals surface area contributed by atoms with Crippen LogP contribution in [0.25, 0.3) is 5.69 Å². The zero-order chi connectivity index (χ0) is 15.4. The van der Waals surface area contributed by atoms with E-state index in [0.717, 1.165) is 23.4 Å². The number of hydrogen-bond acceptors (Lipinski definition) is 3. The summed E-state index contributed by atoms with van der Waals surface area (Å²) in [6, 6.07) is 20.3. The third-order valence-corrected chi connectivity index (χ3v) is 3.68. The molecule has 0 aliphatic heterocycles. The fourth-order valence-corrected chi connectivity index (χ4v) is 2.55. The highest BCUT2D eigenvalue weighted by Crippen LogP contribution is 2.20. The Kier molecular flexibility index (Phi) is 3.97. The predicted octanol–water partition coefficient (Wildman–Crippen LogP) is 3.29. The van der Waals surface area contributed by atoms with E-state index in [0.29, 0.717) is 12.1 Å². The minimum Gasteiger partial charge on any atom is -0.216 e. The molecule has 22 heavy (non-hydrogen) atoms. The van der Waals surface area contributed by atoms with Gasteiger partial charge in [-0.3, -0.25) is 0 Å². The second-order valence-electron chi connectivity index (χ2n) is 5.05. The lowest BCUT2D eigenvalue weighted by molar-refractivity contribution is 0.764. The molecule has 1 heterocycles. The Morgan fingerprint density at radius 2 is 1.77 bits per heavy atom. The summed E-state index contributed by atoms with van der Waals surface area (Å²) in [4.78, 5) is 0. The Morgan fingerprint density at radius 3 is 2.50 bits per heavy atom. The van der Waals surface area contributed by atoms with Crippen LogP contribution in [0.1, 0.15) is 29.4 Å². The molecule has 0 saturated carbocycles. The number of benzene rings is 2. The molecule has 0 aliphatic rings. The summed E-state index contributed by atoms with van der Waals surface area (Å²) in [5.74, 6) is 0. The molecular formula is C18H16N4. The van der Waals surface area contributed by atoms with Gasteiger partial charge < -0.3 is 0 Å². The van der Waals surface area contributed by atoms with Gasteiger partial charge in [0.05, 0.1) is 11.4 Å². The Labute approximate surface area is 129 Å². The van der Waals surface area contributed by atoms with Crippen molar-refractivity contribution in [3.8, 4) is 11.8 Å². The number of aromatic nitrogens is 3. The summed E-state index contributed by atoms with van der Waals surface area (Å²) in [6.07, 6.45) is 1.54. The Balaban J connectivity index is 2.10. The molecule has 3 rings (SSSR count). The van der Waals surface area contributed by atoms with Crippen LogP contribution in [-0.2, 0) is 12.8 Å². The number of nitriles is 1. The van der Waals surface area contributed by atoms with E-state index in [9.17, 15) is 5.26 Å². The molecule has 108 valence electrons. The molecule has 0 unspecified atom stereocenters. The standard InChI is InChI=1S/C18H16N4/c1-2-15-10-6-7-11-17(15)22-18(16(13-19)20-21-22)12-14-8-4-3-5-9-14/h3-11H,2,12H2,1H3. The average Bonchev–Trinajstić information content (AvgIpc) is 2.98. The number of nitrogens with zero attached hydrogens (tertiary/aromatic N) is 4. The Morgan fingerprint density at radius 1 is 1.05 bits per heavy atom. The minimum atomic E-state index is 0.384. The zero-order valence-electron chi connectivity index (χ0n) is 12.4. The maximum Gasteiger partial charge on any atom is 0.186 e. The Hall–Kier alpha value is -2.93. The molecule has 3 aromatic rings. The van der Waals surface area contributed by atoms with E-state index in [2.05, 4.69) is 29.4 Å². The van der Waals surface area contributed by atoms with Gasteiger partial charge in [0.1, 0.15) is 6.07 Å². The smallest absolute Gasteiger partial charge is 0.186 e. The summed E-state index contributed by atoms with van der Waals surface area (Å²) in [6.45, 7) is 2.11. The Bertz CT molecular complexity index is 813. The maximum atomic E-state index is 9.32. The van der Waals surface area contributed by atoms with Gasteiger partial charge in [-0.2, -0.15) is 5.26 Å². The van der Waals surface area contributed by atoms with Crippen molar-refractivity contribution in [1.82, 2.24) is 15.0 Å². The third-order valence-electron chi connectivity index (χ3n) is 3.68. The second-order valence-corrected chi connectivity index (χ2v) is 5.05. The van der Waals surface area contributed by atoms with E-state index in [4.69, 9.17) is 0 Å².